The highest BCUT2D eigenvalue weighted by molar-refractivity contribution is 7.91. The van der Waals surface area contributed by atoms with Crippen LogP contribution < -0.4 is 10.1 Å². The molecule has 1 amide bonds. The molecule has 0 radical (unpaired) electrons. The summed E-state index contributed by atoms with van der Waals surface area (Å²) in [4.78, 5) is 26.2. The number of nitrogens with zero attached hydrogens (tertiary/aromatic N) is 1. The zero-order valence-electron chi connectivity index (χ0n) is 11.0. The number of nitrogens with one attached hydrogen (secondary N) is 1. The fourth-order valence-electron chi connectivity index (χ4n) is 1.99. The van der Waals surface area contributed by atoms with Crippen LogP contribution in [0.15, 0.2) is 18.3 Å². The fourth-order valence-corrected chi connectivity index (χ4v) is 3.66. The van der Waals surface area contributed by atoms with Gasteiger partial charge in [0.25, 0.3) is 5.91 Å². The number of carboxylic acids is 1. The van der Waals surface area contributed by atoms with Crippen LogP contribution in [0.4, 0.5) is 0 Å². The molecular weight excluding hydrogens is 300 g/mol. The summed E-state index contributed by atoms with van der Waals surface area (Å²) in [5.41, 5.74) is -0.284. The molecule has 2 rings (SSSR count). The first-order chi connectivity index (χ1) is 9.87. The SMILES string of the molecule is O=C(COc1cccnc1C(=O)O)NC1CCS(=O)(=O)C1. The highest BCUT2D eigenvalue weighted by atomic mass is 32.2. The lowest BCUT2D eigenvalue weighted by atomic mass is 10.2. The van der Waals surface area contributed by atoms with E-state index in [9.17, 15) is 18.0 Å². The molecule has 1 aliphatic heterocycles. The molecule has 0 spiro atoms. The van der Waals surface area contributed by atoms with Crippen molar-refractivity contribution in [3.8, 4) is 5.75 Å². The van der Waals surface area contributed by atoms with E-state index in [0.29, 0.717) is 6.42 Å². The van der Waals surface area contributed by atoms with Crippen molar-refractivity contribution in [1.29, 1.82) is 0 Å². The molecular formula is C12H14N2O6S. The predicted molar refractivity (Wildman–Crippen MR) is 71.9 cm³/mol. The van der Waals surface area contributed by atoms with E-state index in [1.54, 1.807) is 0 Å². The van der Waals surface area contributed by atoms with Crippen LogP contribution in [0.5, 0.6) is 5.75 Å². The van der Waals surface area contributed by atoms with Crippen molar-refractivity contribution in [3.63, 3.8) is 0 Å². The fraction of sp³-hybridized carbons (Fsp3) is 0.417. The molecule has 114 valence electrons. The zero-order chi connectivity index (χ0) is 15.5. The topological polar surface area (TPSA) is 123 Å². The number of pyridine rings is 1. The first kappa shape index (κ1) is 15.2. The number of amides is 1. The highest BCUT2D eigenvalue weighted by Gasteiger charge is 2.29. The number of hydrogen-bond donors (Lipinski definition) is 2. The summed E-state index contributed by atoms with van der Waals surface area (Å²) in [7, 11) is -3.07. The van der Waals surface area contributed by atoms with Crippen molar-refractivity contribution in [1.82, 2.24) is 10.3 Å². The molecule has 1 unspecified atom stereocenters. The Kier molecular flexibility index (Phi) is 4.41. The standard InChI is InChI=1S/C12H14N2O6S/c15-10(14-8-3-5-21(18,19)7-8)6-20-9-2-1-4-13-11(9)12(16)17/h1-2,4,8H,3,5-7H2,(H,14,15)(H,16,17). The van der Waals surface area contributed by atoms with Gasteiger partial charge in [0.1, 0.15) is 0 Å². The molecule has 0 aromatic carbocycles. The third-order valence-corrected chi connectivity index (χ3v) is 4.70. The second-order valence-electron chi connectivity index (χ2n) is 4.61. The van der Waals surface area contributed by atoms with Gasteiger partial charge < -0.3 is 15.2 Å². The Hall–Kier alpha value is -2.16. The molecule has 1 aromatic heterocycles. The Morgan fingerprint density at radius 2 is 2.24 bits per heavy atom. The van der Waals surface area contributed by atoms with Gasteiger partial charge in [-0.2, -0.15) is 0 Å². The van der Waals surface area contributed by atoms with Crippen molar-refractivity contribution in [3.05, 3.63) is 24.0 Å². The second kappa shape index (κ2) is 6.08. The van der Waals surface area contributed by atoms with E-state index >= 15 is 0 Å². The van der Waals surface area contributed by atoms with Crippen molar-refractivity contribution in [2.45, 2.75) is 12.5 Å². The summed E-state index contributed by atoms with van der Waals surface area (Å²) in [5, 5.41) is 11.5. The molecule has 1 saturated heterocycles. The van der Waals surface area contributed by atoms with Gasteiger partial charge in [0.15, 0.2) is 27.9 Å². The molecule has 9 heteroatoms. The Morgan fingerprint density at radius 1 is 1.48 bits per heavy atom. The van der Waals surface area contributed by atoms with Gasteiger partial charge in [0.05, 0.1) is 11.5 Å². The highest BCUT2D eigenvalue weighted by Crippen LogP contribution is 2.15. The first-order valence-electron chi connectivity index (χ1n) is 6.18. The lowest BCUT2D eigenvalue weighted by Crippen LogP contribution is -2.38. The van der Waals surface area contributed by atoms with Gasteiger partial charge in [0, 0.05) is 12.2 Å². The van der Waals surface area contributed by atoms with Crippen LogP contribution >= 0.6 is 0 Å². The normalized spacial score (nSPS) is 19.9. The van der Waals surface area contributed by atoms with E-state index in [1.165, 1.54) is 18.3 Å². The lowest BCUT2D eigenvalue weighted by Gasteiger charge is -2.12. The third-order valence-electron chi connectivity index (χ3n) is 2.93. The predicted octanol–water partition coefficient (Wildman–Crippen LogP) is -0.538. The average Bonchev–Trinajstić information content (AvgIpc) is 2.75. The number of carbonyl (C=O) groups excluding carboxylic acids is 1. The number of rotatable bonds is 5. The smallest absolute Gasteiger partial charge is 0.358 e. The molecule has 1 aliphatic rings. The maximum atomic E-state index is 11.7. The average molecular weight is 314 g/mol. The van der Waals surface area contributed by atoms with Crippen LogP contribution in [-0.2, 0) is 14.6 Å². The van der Waals surface area contributed by atoms with Gasteiger partial charge >= 0.3 is 5.97 Å². The summed E-state index contributed by atoms with van der Waals surface area (Å²) >= 11 is 0. The van der Waals surface area contributed by atoms with Gasteiger partial charge in [-0.1, -0.05) is 0 Å². The van der Waals surface area contributed by atoms with Crippen LogP contribution in [0.3, 0.4) is 0 Å². The monoisotopic (exact) mass is 314 g/mol. The van der Waals surface area contributed by atoms with Gasteiger partial charge in [-0.05, 0) is 18.6 Å². The number of sulfone groups is 1. The number of ether oxygens (including phenoxy) is 1. The van der Waals surface area contributed by atoms with Gasteiger partial charge in [-0.25, -0.2) is 18.2 Å². The molecule has 0 aliphatic carbocycles. The summed E-state index contributed by atoms with van der Waals surface area (Å²) in [6.45, 7) is -0.400. The van der Waals surface area contributed by atoms with Crippen LogP contribution in [0, 0.1) is 0 Å². The van der Waals surface area contributed by atoms with E-state index in [0.717, 1.165) is 0 Å². The summed E-state index contributed by atoms with van der Waals surface area (Å²) in [6, 6.07) is 2.46. The quantitative estimate of drug-likeness (QED) is 0.748. The van der Waals surface area contributed by atoms with Crippen LogP contribution in [0.25, 0.3) is 0 Å². The van der Waals surface area contributed by atoms with Crippen molar-refractivity contribution in [2.75, 3.05) is 18.1 Å². The van der Waals surface area contributed by atoms with Gasteiger partial charge in [-0.15, -0.1) is 0 Å². The molecule has 0 saturated carbocycles. The molecule has 8 nitrogen and oxygen atoms in total. The van der Waals surface area contributed by atoms with Gasteiger partial charge in [-0.3, -0.25) is 4.79 Å². The summed E-state index contributed by atoms with van der Waals surface area (Å²) < 4.78 is 27.6. The molecule has 1 atom stereocenters. The second-order valence-corrected chi connectivity index (χ2v) is 6.84. The minimum atomic E-state index is -3.07. The van der Waals surface area contributed by atoms with E-state index in [-0.39, 0.29) is 22.9 Å². The minimum absolute atomic E-state index is 0.0146. The Labute approximate surface area is 121 Å². The number of aromatic carboxylic acids is 1. The Morgan fingerprint density at radius 3 is 2.86 bits per heavy atom. The number of carboxylic acid groups (broad SMARTS) is 1. The van der Waals surface area contributed by atoms with Crippen LogP contribution in [-0.4, -0.2) is 54.5 Å². The molecule has 2 heterocycles. The lowest BCUT2D eigenvalue weighted by molar-refractivity contribution is -0.123. The molecule has 21 heavy (non-hydrogen) atoms. The van der Waals surface area contributed by atoms with Crippen molar-refractivity contribution >= 4 is 21.7 Å². The number of aromatic nitrogens is 1. The van der Waals surface area contributed by atoms with Gasteiger partial charge in [0.2, 0.25) is 0 Å². The van der Waals surface area contributed by atoms with E-state index in [1.807, 2.05) is 0 Å². The largest absolute Gasteiger partial charge is 0.481 e. The molecule has 1 aromatic rings. The first-order valence-corrected chi connectivity index (χ1v) is 8.00. The van der Waals surface area contributed by atoms with Crippen molar-refractivity contribution < 1.29 is 27.9 Å². The molecule has 1 fully saturated rings. The molecule has 0 bridgehead atoms. The van der Waals surface area contributed by atoms with Crippen molar-refractivity contribution in [2.24, 2.45) is 0 Å². The Balaban J connectivity index is 1.89. The summed E-state index contributed by atoms with van der Waals surface area (Å²) in [6.07, 6.45) is 1.68. The third kappa shape index (κ3) is 4.15. The minimum Gasteiger partial charge on any atom is -0.481 e. The molecule has 2 N–H and O–H groups in total. The van der Waals surface area contributed by atoms with Crippen LogP contribution in [0.1, 0.15) is 16.9 Å². The number of carbonyl (C=O) groups is 2. The van der Waals surface area contributed by atoms with Crippen LogP contribution in [0.2, 0.25) is 0 Å². The van der Waals surface area contributed by atoms with E-state index < -0.39 is 34.4 Å². The zero-order valence-corrected chi connectivity index (χ0v) is 11.8. The van der Waals surface area contributed by atoms with E-state index in [2.05, 4.69) is 10.3 Å². The maximum absolute atomic E-state index is 11.7. The summed E-state index contributed by atoms with van der Waals surface area (Å²) in [5.74, 6) is -1.79. The maximum Gasteiger partial charge on any atom is 0.358 e. The Bertz CT molecular complexity index is 657. The van der Waals surface area contributed by atoms with E-state index in [4.69, 9.17) is 9.84 Å². The number of hydrogen-bond acceptors (Lipinski definition) is 6.